The second-order valence-electron chi connectivity index (χ2n) is 19.0. The second-order valence-corrected chi connectivity index (χ2v) is 21.7. The molecule has 23 heteroatoms. The lowest BCUT2D eigenvalue weighted by molar-refractivity contribution is -0.127. The summed E-state index contributed by atoms with van der Waals surface area (Å²) in [5, 5.41) is 32.2. The van der Waals surface area contributed by atoms with E-state index in [-0.39, 0.29) is 21.5 Å². The smallest absolute Gasteiger partial charge is 0.420 e. The average molecular weight is 1120 g/mol. The number of anilines is 2. The average Bonchev–Trinajstić information content (AvgIpc) is 4.15. The summed E-state index contributed by atoms with van der Waals surface area (Å²) < 4.78 is 82.4. The molecule has 2 aromatic carbocycles. The van der Waals surface area contributed by atoms with Gasteiger partial charge < -0.3 is 25.7 Å². The topological polar surface area (TPSA) is 185 Å². The van der Waals surface area contributed by atoms with Crippen LogP contribution in [0.4, 0.5) is 42.8 Å². The number of hydrogen-bond acceptors (Lipinski definition) is 14. The number of carbonyl (C=O) groups is 1. The van der Waals surface area contributed by atoms with Crippen LogP contribution in [0.3, 0.4) is 0 Å². The molecule has 8 heterocycles. The van der Waals surface area contributed by atoms with Gasteiger partial charge in [-0.15, -0.1) is 22.7 Å². The monoisotopic (exact) mass is 1120 g/mol. The van der Waals surface area contributed by atoms with Gasteiger partial charge in [0.1, 0.15) is 63.1 Å². The molecule has 0 aliphatic carbocycles. The van der Waals surface area contributed by atoms with Gasteiger partial charge in [0, 0.05) is 63.1 Å². The van der Waals surface area contributed by atoms with Crippen LogP contribution in [0, 0.1) is 22.7 Å². The Morgan fingerprint density at radius 2 is 1.32 bits per heavy atom. The normalized spacial score (nSPS) is 15.0. The minimum Gasteiger partial charge on any atom is -0.443 e. The third kappa shape index (κ3) is 14.3. The fourth-order valence-electron chi connectivity index (χ4n) is 8.73. The molecule has 388 valence electrons. The Morgan fingerprint density at radius 3 is 1.86 bits per heavy atom. The Hall–Kier alpha value is -6.37. The first kappa shape index (κ1) is 53.9. The number of fused-ring (bicyclic) bond motifs is 4. The number of likely N-dealkylation sites (tertiary alicyclic amines) is 1. The maximum atomic E-state index is 12.8. The van der Waals surface area contributed by atoms with E-state index in [9.17, 15) is 36.4 Å². The number of H-pyrrole nitrogens is 1. The van der Waals surface area contributed by atoms with Crippen LogP contribution in [-0.4, -0.2) is 96.7 Å². The van der Waals surface area contributed by atoms with Crippen molar-refractivity contribution in [3.05, 3.63) is 106 Å². The number of hydrogen-bond donors (Lipinski definition) is 4. The molecule has 8 aromatic rings. The first-order chi connectivity index (χ1) is 35.2. The largest absolute Gasteiger partial charge is 0.443 e. The van der Waals surface area contributed by atoms with Crippen molar-refractivity contribution in [2.45, 2.75) is 101 Å². The van der Waals surface area contributed by atoms with Crippen molar-refractivity contribution in [3.63, 3.8) is 0 Å². The highest BCUT2D eigenvalue weighted by Gasteiger charge is 2.31. The molecule has 0 amide bonds. The van der Waals surface area contributed by atoms with Crippen molar-refractivity contribution in [2.75, 3.05) is 36.8 Å². The van der Waals surface area contributed by atoms with Crippen molar-refractivity contribution in [2.24, 2.45) is 0 Å². The Morgan fingerprint density at radius 1 is 0.757 bits per heavy atom. The molecule has 0 radical (unpaired) electrons. The number of nitrogens with one attached hydrogen (secondary N) is 4. The van der Waals surface area contributed by atoms with E-state index >= 15 is 0 Å². The van der Waals surface area contributed by atoms with E-state index in [4.69, 9.17) is 10.00 Å². The van der Waals surface area contributed by atoms with Gasteiger partial charge in [-0.2, -0.15) is 36.9 Å². The van der Waals surface area contributed by atoms with Crippen molar-refractivity contribution < 1.29 is 35.9 Å². The highest BCUT2D eigenvalue weighted by molar-refractivity contribution is 9.08. The van der Waals surface area contributed by atoms with Crippen LogP contribution >= 0.6 is 38.6 Å². The molecule has 0 bridgehead atoms. The molecule has 0 atom stereocenters. The number of benzene rings is 2. The number of aromatic amines is 1. The van der Waals surface area contributed by atoms with Crippen LogP contribution in [0.5, 0.6) is 0 Å². The number of alkyl halides is 7. The van der Waals surface area contributed by atoms with Gasteiger partial charge in [-0.05, 0) is 119 Å². The molecule has 6 aromatic heterocycles. The number of nitriles is 2. The van der Waals surface area contributed by atoms with E-state index in [1.807, 2.05) is 36.4 Å². The molecular formula is C51H51BrF6N12O2S2. The Kier molecular flexibility index (Phi) is 16.8. The second kappa shape index (κ2) is 23.0. The van der Waals surface area contributed by atoms with Crippen LogP contribution in [0.1, 0.15) is 78.7 Å². The van der Waals surface area contributed by atoms with E-state index < -0.39 is 36.9 Å². The Bertz CT molecular complexity index is 3330. The number of nitrogens with zero attached hydrogens (tertiary/aromatic N) is 8. The first-order valence-corrected chi connectivity index (χ1v) is 26.4. The minimum atomic E-state index is -4.24. The van der Waals surface area contributed by atoms with Gasteiger partial charge in [-0.3, -0.25) is 4.90 Å². The van der Waals surface area contributed by atoms with Gasteiger partial charge in [-0.1, -0.05) is 28.1 Å². The zero-order valence-corrected chi connectivity index (χ0v) is 43.6. The summed E-state index contributed by atoms with van der Waals surface area (Å²) in [6, 6.07) is 23.2. The molecule has 10 rings (SSSR count). The molecule has 74 heavy (non-hydrogen) atoms. The predicted molar refractivity (Wildman–Crippen MR) is 280 cm³/mol. The molecule has 2 saturated heterocycles. The minimum absolute atomic E-state index is 0.204. The highest BCUT2D eigenvalue weighted by Crippen LogP contribution is 2.35. The van der Waals surface area contributed by atoms with Crippen LogP contribution in [0.15, 0.2) is 73.3 Å². The molecule has 0 saturated carbocycles. The molecule has 2 fully saturated rings. The molecule has 2 aliphatic heterocycles. The first-order valence-electron chi connectivity index (χ1n) is 23.6. The summed E-state index contributed by atoms with van der Waals surface area (Å²) in [6.45, 7) is 9.91. The molecule has 0 spiro atoms. The Balaban J connectivity index is 0.000000155. The number of carbonyl (C=O) groups excluding carboxylic acids is 1. The number of piperidine rings is 2. The van der Waals surface area contributed by atoms with Gasteiger partial charge in [-0.25, -0.2) is 29.3 Å². The molecule has 4 N–H and O–H groups in total. The van der Waals surface area contributed by atoms with Gasteiger partial charge in [0.15, 0.2) is 0 Å². The highest BCUT2D eigenvalue weighted by atomic mass is 79.9. The van der Waals surface area contributed by atoms with Crippen molar-refractivity contribution in [3.8, 4) is 12.1 Å². The van der Waals surface area contributed by atoms with Crippen LogP contribution in [-0.2, 0) is 29.5 Å². The summed E-state index contributed by atoms with van der Waals surface area (Å²) in [5.74, 6) is 1.24. The van der Waals surface area contributed by atoms with Crippen molar-refractivity contribution in [1.82, 2.24) is 39.7 Å². The van der Waals surface area contributed by atoms with E-state index in [1.165, 1.54) is 22.8 Å². The number of rotatable bonds is 9. The summed E-state index contributed by atoms with van der Waals surface area (Å²) in [6.07, 6.45) is -4.24. The van der Waals surface area contributed by atoms with E-state index in [1.54, 1.807) is 39.0 Å². The summed E-state index contributed by atoms with van der Waals surface area (Å²) in [4.78, 5) is 36.1. The number of aromatic nitrogens is 6. The molecular weight excluding hydrogens is 1070 g/mol. The van der Waals surface area contributed by atoms with Crippen molar-refractivity contribution >= 4 is 98.6 Å². The fraction of sp³-hybridized carbons (Fsp3) is 0.392. The zero-order chi connectivity index (χ0) is 52.8. The van der Waals surface area contributed by atoms with Crippen LogP contribution < -0.4 is 16.0 Å². The molecule has 0 unspecified atom stereocenters. The molecule has 14 nitrogen and oxygen atoms in total. The predicted octanol–water partition coefficient (Wildman–Crippen LogP) is 12.4. The third-order valence-electron chi connectivity index (χ3n) is 12.0. The number of ether oxygens (including phenoxy) is 1. The van der Waals surface area contributed by atoms with Gasteiger partial charge in [0.05, 0.1) is 29.1 Å². The Labute approximate surface area is 438 Å². The van der Waals surface area contributed by atoms with Gasteiger partial charge in [0.25, 0.3) is 0 Å². The van der Waals surface area contributed by atoms with E-state index in [2.05, 4.69) is 79.9 Å². The van der Waals surface area contributed by atoms with E-state index in [0.29, 0.717) is 49.3 Å². The molecule has 2 aliphatic rings. The van der Waals surface area contributed by atoms with Crippen LogP contribution in [0.25, 0.3) is 42.2 Å². The summed E-state index contributed by atoms with van der Waals surface area (Å²) in [7, 11) is 0. The fourth-order valence-corrected chi connectivity index (χ4v) is 11.1. The number of thiophene rings is 2. The van der Waals surface area contributed by atoms with Gasteiger partial charge in [0.2, 0.25) is 0 Å². The summed E-state index contributed by atoms with van der Waals surface area (Å²) in [5.41, 5.74) is 4.16. The SMILES string of the molecule is CC(C)(C)OC(=O)n1c(C#N)cc2cc(CBr)ccc21.FC(F)(F)Cc1cc2c(NC3CCNCC3)ncnc2s1.N#Cc1cc2cc(CN3CCC(Nc4ncnc5sc(CC(F)(F)F)cc45)CC3)ccc2[nH]1. The lowest BCUT2D eigenvalue weighted by Gasteiger charge is -2.32. The van der Waals surface area contributed by atoms with Crippen LogP contribution in [0.2, 0.25) is 0 Å². The quantitative estimate of drug-likeness (QED) is 0.0793. The van der Waals surface area contributed by atoms with Crippen molar-refractivity contribution in [1.29, 1.82) is 10.5 Å². The van der Waals surface area contributed by atoms with E-state index in [0.717, 1.165) is 108 Å². The zero-order valence-electron chi connectivity index (χ0n) is 40.4. The standard InChI is InChI=1S/C23H21F3N6S.C15H15BrN2O2.C13H15F3N4S/c24-23(25,26)10-18-9-19-21(28-13-29-22(19)33-18)31-16-3-5-32(6-4-16)12-14-1-2-20-15(7-14)8-17(11-27)30-20;1-15(2,3)20-14(19)18-12(9-17)7-11-6-10(8-16)4-5-13(11)18;14-13(15,16)6-9-5-10-11(18-7-19-12(10)21-9)20-8-1-3-17-4-2-8/h1-2,7-9,13,16,30H,3-6,10,12H2,(H,28,29,31);4-7H,8H2,1-3H3;5,7-8,17H,1-4,6H2,(H,18,19,20). The third-order valence-corrected chi connectivity index (χ3v) is 14.8. The number of halogens is 7. The maximum Gasteiger partial charge on any atom is 0.420 e. The lowest BCUT2D eigenvalue weighted by atomic mass is 10.0. The summed E-state index contributed by atoms with van der Waals surface area (Å²) >= 11 is 5.53. The lowest BCUT2D eigenvalue weighted by Crippen LogP contribution is -2.38. The maximum absolute atomic E-state index is 12.8. The van der Waals surface area contributed by atoms with Gasteiger partial charge >= 0.3 is 18.4 Å².